The Kier molecular flexibility index (Phi) is 4.85. The maximum absolute atomic E-state index is 12.8. The molecular weight excluding hydrogens is 360 g/mol. The van der Waals surface area contributed by atoms with Gasteiger partial charge in [0.2, 0.25) is 5.88 Å². The lowest BCUT2D eigenvalue weighted by Crippen LogP contribution is -2.31. The van der Waals surface area contributed by atoms with Crippen LogP contribution in [0.1, 0.15) is 46.5 Å². The summed E-state index contributed by atoms with van der Waals surface area (Å²) >= 11 is 1.42. The van der Waals surface area contributed by atoms with Crippen molar-refractivity contribution >= 4 is 17.2 Å². The molecule has 1 fully saturated rings. The fraction of sp³-hybridized carbons (Fsp3) is 0.300. The number of aromatic nitrogens is 3. The molecule has 138 valence electrons. The number of thiazole rings is 1. The molecule has 3 heterocycles. The van der Waals surface area contributed by atoms with Crippen LogP contribution in [-0.4, -0.2) is 32.3 Å². The highest BCUT2D eigenvalue weighted by atomic mass is 32.1. The Hall–Kier alpha value is -2.80. The Morgan fingerprint density at radius 3 is 2.89 bits per heavy atom. The number of carbonyl (C=O) groups is 1. The normalized spacial score (nSPS) is 16.5. The number of hydrogen-bond donors (Lipinski definition) is 0. The number of carbonyl (C=O) groups excluding carboxylic acids is 1. The molecule has 1 atom stereocenters. The second-order valence-corrected chi connectivity index (χ2v) is 7.32. The molecule has 4 rings (SSSR count). The maximum Gasteiger partial charge on any atom is 0.273 e. The number of nitrogens with zero attached hydrogens (tertiary/aromatic N) is 4. The minimum atomic E-state index is -0.154. The second-order valence-electron chi connectivity index (χ2n) is 6.60. The molecule has 7 heteroatoms. The van der Waals surface area contributed by atoms with E-state index in [0.29, 0.717) is 23.9 Å². The summed E-state index contributed by atoms with van der Waals surface area (Å²) in [5.41, 5.74) is 4.01. The van der Waals surface area contributed by atoms with Gasteiger partial charge in [-0.15, -0.1) is 11.3 Å². The molecule has 1 amide bonds. The highest BCUT2D eigenvalue weighted by Gasteiger charge is 2.33. The predicted octanol–water partition coefficient (Wildman–Crippen LogP) is 4.32. The molecule has 1 saturated heterocycles. The molecule has 1 aromatic carbocycles. The molecule has 0 radical (unpaired) electrons. The van der Waals surface area contributed by atoms with Gasteiger partial charge in [0.05, 0.1) is 11.6 Å². The van der Waals surface area contributed by atoms with Crippen LogP contribution < -0.4 is 4.74 Å². The molecule has 0 spiro atoms. The van der Waals surface area contributed by atoms with Crippen molar-refractivity contribution in [2.24, 2.45) is 0 Å². The summed E-state index contributed by atoms with van der Waals surface area (Å²) < 4.78 is 5.99. The first kappa shape index (κ1) is 17.6. The van der Waals surface area contributed by atoms with Crippen molar-refractivity contribution in [1.82, 2.24) is 19.9 Å². The average Bonchev–Trinajstić information content (AvgIpc) is 3.35. The van der Waals surface area contributed by atoms with Gasteiger partial charge in [0, 0.05) is 23.7 Å². The van der Waals surface area contributed by atoms with E-state index < -0.39 is 0 Å². The Morgan fingerprint density at radius 2 is 2.11 bits per heavy atom. The van der Waals surface area contributed by atoms with E-state index in [-0.39, 0.29) is 11.9 Å². The molecule has 1 aliphatic rings. The number of ether oxygens (including phenoxy) is 1. The van der Waals surface area contributed by atoms with Crippen molar-refractivity contribution in [3.05, 3.63) is 64.0 Å². The van der Waals surface area contributed by atoms with E-state index in [1.165, 1.54) is 11.3 Å². The van der Waals surface area contributed by atoms with Crippen LogP contribution in [0.2, 0.25) is 0 Å². The summed E-state index contributed by atoms with van der Waals surface area (Å²) in [6.07, 6.45) is 1.76. The third-order valence-electron chi connectivity index (χ3n) is 4.62. The Bertz CT molecular complexity index is 958. The molecule has 0 bridgehead atoms. The smallest absolute Gasteiger partial charge is 0.273 e. The number of likely N-dealkylation sites (tertiary alicyclic amines) is 1. The van der Waals surface area contributed by atoms with Gasteiger partial charge in [-0.25, -0.2) is 9.97 Å². The van der Waals surface area contributed by atoms with Gasteiger partial charge in [0.25, 0.3) is 5.91 Å². The molecule has 3 aromatic rings. The zero-order chi connectivity index (χ0) is 18.8. The van der Waals surface area contributed by atoms with Crippen LogP contribution in [0.15, 0.2) is 41.2 Å². The van der Waals surface area contributed by atoms with Crippen LogP contribution >= 0.6 is 11.3 Å². The van der Waals surface area contributed by atoms with E-state index in [0.717, 1.165) is 29.8 Å². The van der Waals surface area contributed by atoms with Crippen LogP contribution in [0.4, 0.5) is 0 Å². The zero-order valence-electron chi connectivity index (χ0n) is 15.3. The molecule has 0 aliphatic carbocycles. The van der Waals surface area contributed by atoms with Crippen LogP contribution in [-0.2, 0) is 0 Å². The summed E-state index contributed by atoms with van der Waals surface area (Å²) in [5, 5.41) is 1.78. The molecule has 1 aliphatic heterocycles. The van der Waals surface area contributed by atoms with Crippen molar-refractivity contribution in [2.45, 2.75) is 32.7 Å². The van der Waals surface area contributed by atoms with Crippen molar-refractivity contribution in [3.63, 3.8) is 0 Å². The lowest BCUT2D eigenvalue weighted by Gasteiger charge is -2.23. The van der Waals surface area contributed by atoms with Gasteiger partial charge in [0.1, 0.15) is 11.4 Å². The second kappa shape index (κ2) is 7.44. The maximum atomic E-state index is 12.8. The van der Waals surface area contributed by atoms with E-state index >= 15 is 0 Å². The summed E-state index contributed by atoms with van der Waals surface area (Å²) in [6, 6.07) is 9.48. The summed E-state index contributed by atoms with van der Waals surface area (Å²) in [7, 11) is 0. The molecule has 6 nitrogen and oxygen atoms in total. The Labute approximate surface area is 161 Å². The van der Waals surface area contributed by atoms with Crippen molar-refractivity contribution < 1.29 is 9.53 Å². The standard InChI is InChI=1S/C20H20N4O2S/c1-13-6-3-4-8-17(13)26-18-10-14(2)22-19(23-18)16-7-5-9-24(16)20(25)15-11-27-12-21-15/h3-4,6,8,10-12,16H,5,7,9H2,1-2H3. The largest absolute Gasteiger partial charge is 0.439 e. The van der Waals surface area contributed by atoms with Crippen LogP contribution in [0.3, 0.4) is 0 Å². The highest BCUT2D eigenvalue weighted by molar-refractivity contribution is 7.07. The van der Waals surface area contributed by atoms with E-state index in [2.05, 4.69) is 15.0 Å². The Balaban J connectivity index is 1.62. The van der Waals surface area contributed by atoms with Gasteiger partial charge in [-0.2, -0.15) is 4.98 Å². The molecular formula is C20H20N4O2S. The third-order valence-corrected chi connectivity index (χ3v) is 5.21. The lowest BCUT2D eigenvalue weighted by atomic mass is 10.2. The molecule has 1 unspecified atom stereocenters. The number of aryl methyl sites for hydroxylation is 2. The van der Waals surface area contributed by atoms with Gasteiger partial charge >= 0.3 is 0 Å². The average molecular weight is 380 g/mol. The van der Waals surface area contributed by atoms with Crippen LogP contribution in [0.25, 0.3) is 0 Å². The highest BCUT2D eigenvalue weighted by Crippen LogP contribution is 2.33. The fourth-order valence-corrected chi connectivity index (χ4v) is 3.82. The topological polar surface area (TPSA) is 68.2 Å². The first-order chi connectivity index (χ1) is 13.1. The lowest BCUT2D eigenvalue weighted by molar-refractivity contribution is 0.0724. The fourth-order valence-electron chi connectivity index (χ4n) is 3.29. The van der Waals surface area contributed by atoms with Crippen LogP contribution in [0, 0.1) is 13.8 Å². The quantitative estimate of drug-likeness (QED) is 0.674. The van der Waals surface area contributed by atoms with Gasteiger partial charge in [0.15, 0.2) is 5.82 Å². The first-order valence-corrected chi connectivity index (χ1v) is 9.84. The summed E-state index contributed by atoms with van der Waals surface area (Å²) in [6.45, 7) is 4.60. The van der Waals surface area contributed by atoms with Gasteiger partial charge in [-0.05, 0) is 38.3 Å². The minimum Gasteiger partial charge on any atom is -0.439 e. The molecule has 0 saturated carbocycles. The third kappa shape index (κ3) is 3.68. The van der Waals surface area contributed by atoms with E-state index in [9.17, 15) is 4.79 Å². The SMILES string of the molecule is Cc1cc(Oc2ccccc2C)nc(C2CCCN2C(=O)c2cscn2)n1. The van der Waals surface area contributed by atoms with Crippen molar-refractivity contribution in [2.75, 3.05) is 6.54 Å². The van der Waals surface area contributed by atoms with Gasteiger partial charge < -0.3 is 9.64 Å². The van der Waals surface area contributed by atoms with Gasteiger partial charge in [-0.3, -0.25) is 4.79 Å². The number of hydrogen-bond acceptors (Lipinski definition) is 6. The summed E-state index contributed by atoms with van der Waals surface area (Å²) in [5.74, 6) is 1.83. The minimum absolute atomic E-state index is 0.0646. The van der Waals surface area contributed by atoms with Crippen molar-refractivity contribution in [1.29, 1.82) is 0 Å². The van der Waals surface area contributed by atoms with E-state index in [1.807, 2.05) is 49.1 Å². The number of benzene rings is 1. The van der Waals surface area contributed by atoms with E-state index in [1.54, 1.807) is 10.9 Å². The number of amides is 1. The monoisotopic (exact) mass is 380 g/mol. The molecule has 27 heavy (non-hydrogen) atoms. The number of rotatable bonds is 4. The summed E-state index contributed by atoms with van der Waals surface area (Å²) in [4.78, 5) is 28.0. The Morgan fingerprint density at radius 1 is 1.26 bits per heavy atom. The van der Waals surface area contributed by atoms with Crippen LogP contribution in [0.5, 0.6) is 11.6 Å². The number of para-hydroxylation sites is 1. The van der Waals surface area contributed by atoms with Gasteiger partial charge in [-0.1, -0.05) is 18.2 Å². The zero-order valence-corrected chi connectivity index (χ0v) is 16.1. The first-order valence-electron chi connectivity index (χ1n) is 8.90. The molecule has 2 aromatic heterocycles. The van der Waals surface area contributed by atoms with E-state index in [4.69, 9.17) is 4.74 Å². The van der Waals surface area contributed by atoms with Crippen molar-refractivity contribution in [3.8, 4) is 11.6 Å². The predicted molar refractivity (Wildman–Crippen MR) is 103 cm³/mol. The molecule has 0 N–H and O–H groups in total.